The molecule has 10 nitrogen and oxygen atoms in total. The molecule has 1 saturated heterocycles. The number of ether oxygens (including phenoxy) is 1. The summed E-state index contributed by atoms with van der Waals surface area (Å²) >= 11 is 6.79. The zero-order valence-corrected chi connectivity index (χ0v) is 21.8. The van der Waals surface area contributed by atoms with Gasteiger partial charge in [-0.1, -0.05) is 29.4 Å². The lowest BCUT2D eigenvalue weighted by atomic mass is 10.0. The first-order valence-corrected chi connectivity index (χ1v) is 12.9. The van der Waals surface area contributed by atoms with Gasteiger partial charge in [-0.05, 0) is 25.1 Å². The summed E-state index contributed by atoms with van der Waals surface area (Å²) in [6, 6.07) is 3.27. The number of halogens is 2. The summed E-state index contributed by atoms with van der Waals surface area (Å²) in [5.41, 5.74) is 0.736. The monoisotopic (exact) mass is 553 g/mol. The highest BCUT2D eigenvalue weighted by atomic mass is 35.5. The van der Waals surface area contributed by atoms with Crippen molar-refractivity contribution in [1.29, 1.82) is 0 Å². The van der Waals surface area contributed by atoms with Gasteiger partial charge in [0.25, 0.3) is 5.91 Å². The van der Waals surface area contributed by atoms with Crippen molar-refractivity contribution in [3.8, 4) is 22.8 Å². The quantitative estimate of drug-likeness (QED) is 0.485. The number of phenolic OH excluding ortho intramolecular Hbond substituents is 1. The zero-order valence-electron chi connectivity index (χ0n) is 21.1. The van der Waals surface area contributed by atoms with Gasteiger partial charge < -0.3 is 29.1 Å². The number of hydrogen-bond acceptors (Lipinski definition) is 8. The Hall–Kier alpha value is -4.12. The van der Waals surface area contributed by atoms with Crippen LogP contribution in [0, 0.1) is 5.82 Å². The molecule has 0 unspecified atom stereocenters. The first kappa shape index (κ1) is 25.2. The standard InChI is InChI=1S/C27H25ClFN5O5/c1-3-19(36)32-8-9-33-16(13-32)7-10-38-25-21(27(33)37)26(34-12-15-11-30-39-24(15)14(34)2)31-23(22(25)28)20-17(29)5-4-6-18(20)35/h3-6,11,14,16,35H,1,7-10,12-13H2,2H3/t14-,16-/m0/s1. The van der Waals surface area contributed by atoms with Gasteiger partial charge in [-0.25, -0.2) is 9.37 Å². The van der Waals surface area contributed by atoms with E-state index in [1.165, 1.54) is 24.3 Å². The van der Waals surface area contributed by atoms with E-state index in [2.05, 4.69) is 11.7 Å². The first-order valence-electron chi connectivity index (χ1n) is 12.6. The number of fused-ring (bicyclic) bond motifs is 3. The Kier molecular flexibility index (Phi) is 6.17. The first-order chi connectivity index (χ1) is 18.8. The van der Waals surface area contributed by atoms with Crippen LogP contribution in [0.1, 0.15) is 41.1 Å². The highest BCUT2D eigenvalue weighted by Crippen LogP contribution is 2.48. The van der Waals surface area contributed by atoms with Crippen LogP contribution in [-0.4, -0.2) is 69.1 Å². The van der Waals surface area contributed by atoms with E-state index in [1.807, 2.05) is 11.8 Å². The molecule has 2 atom stereocenters. The van der Waals surface area contributed by atoms with Crippen LogP contribution in [0.25, 0.3) is 11.3 Å². The Bertz CT molecular complexity index is 1490. The summed E-state index contributed by atoms with van der Waals surface area (Å²) in [4.78, 5) is 36.4. The fourth-order valence-corrected chi connectivity index (χ4v) is 5.86. The number of aromatic nitrogens is 2. The third-order valence-electron chi connectivity index (χ3n) is 7.58. The van der Waals surface area contributed by atoms with E-state index in [9.17, 15) is 14.7 Å². The van der Waals surface area contributed by atoms with E-state index in [0.29, 0.717) is 38.4 Å². The van der Waals surface area contributed by atoms with Crippen LogP contribution in [0.2, 0.25) is 5.02 Å². The Morgan fingerprint density at radius 3 is 2.85 bits per heavy atom. The minimum Gasteiger partial charge on any atom is -0.507 e. The predicted molar refractivity (Wildman–Crippen MR) is 139 cm³/mol. The minimum absolute atomic E-state index is 0.0406. The summed E-state index contributed by atoms with van der Waals surface area (Å²) < 4.78 is 26.6. The lowest BCUT2D eigenvalue weighted by molar-refractivity contribution is -0.128. The molecule has 2 aromatic heterocycles. The number of amides is 2. The molecule has 12 heteroatoms. The molecule has 0 aliphatic carbocycles. The zero-order chi connectivity index (χ0) is 27.4. The van der Waals surface area contributed by atoms with Crippen LogP contribution in [0.5, 0.6) is 11.5 Å². The number of hydrogen-bond donors (Lipinski definition) is 1. The van der Waals surface area contributed by atoms with Gasteiger partial charge in [0.1, 0.15) is 33.7 Å². The van der Waals surface area contributed by atoms with E-state index in [-0.39, 0.29) is 69.7 Å². The summed E-state index contributed by atoms with van der Waals surface area (Å²) in [7, 11) is 0. The molecule has 1 fully saturated rings. The van der Waals surface area contributed by atoms with Crippen molar-refractivity contribution in [2.75, 3.05) is 31.1 Å². The number of carbonyl (C=O) groups excluding carboxylic acids is 2. The van der Waals surface area contributed by atoms with Crippen LogP contribution in [-0.2, 0) is 11.3 Å². The van der Waals surface area contributed by atoms with Crippen molar-refractivity contribution in [3.63, 3.8) is 0 Å². The maximum Gasteiger partial charge on any atom is 0.261 e. The average Bonchev–Trinajstić information content (AvgIpc) is 3.51. The van der Waals surface area contributed by atoms with Crippen molar-refractivity contribution in [2.24, 2.45) is 0 Å². The lowest BCUT2D eigenvalue weighted by Gasteiger charge is -2.43. The molecular weight excluding hydrogens is 529 g/mol. The molecule has 1 N–H and O–H groups in total. The fourth-order valence-electron chi connectivity index (χ4n) is 5.57. The van der Waals surface area contributed by atoms with Gasteiger partial charge in [0, 0.05) is 31.6 Å². The third-order valence-corrected chi connectivity index (χ3v) is 7.93. The maximum absolute atomic E-state index is 15.0. The molecule has 0 bridgehead atoms. The Labute approximate surface area is 228 Å². The molecule has 202 valence electrons. The summed E-state index contributed by atoms with van der Waals surface area (Å²) in [5.74, 6) is -0.699. The molecule has 3 aromatic rings. The van der Waals surface area contributed by atoms with Gasteiger partial charge in [0.05, 0.1) is 37.0 Å². The van der Waals surface area contributed by atoms with Gasteiger partial charge in [-0.2, -0.15) is 0 Å². The number of rotatable bonds is 3. The van der Waals surface area contributed by atoms with Gasteiger partial charge in [0.2, 0.25) is 5.91 Å². The fraction of sp³-hybridized carbons (Fsp3) is 0.333. The number of nitrogens with zero attached hydrogens (tertiary/aromatic N) is 5. The molecule has 3 aliphatic heterocycles. The number of pyridine rings is 1. The topological polar surface area (TPSA) is 112 Å². The van der Waals surface area contributed by atoms with Crippen molar-refractivity contribution >= 4 is 29.2 Å². The molecule has 1 aromatic carbocycles. The SMILES string of the molecule is C=CC(=O)N1CCN2C(=O)c3c(N4Cc5cnoc5[C@@H]4C)nc(-c4c(O)cccc4F)c(Cl)c3OCC[C@H]2C1. The van der Waals surface area contributed by atoms with Crippen molar-refractivity contribution in [3.05, 3.63) is 64.8 Å². The molecule has 0 radical (unpaired) electrons. The normalized spacial score (nSPS) is 20.5. The number of anilines is 1. The van der Waals surface area contributed by atoms with Crippen LogP contribution >= 0.6 is 11.6 Å². The predicted octanol–water partition coefficient (Wildman–Crippen LogP) is 3.94. The minimum atomic E-state index is -0.721. The Morgan fingerprint density at radius 1 is 1.28 bits per heavy atom. The maximum atomic E-state index is 15.0. The third kappa shape index (κ3) is 3.99. The average molecular weight is 554 g/mol. The second-order valence-corrected chi connectivity index (χ2v) is 10.1. The van der Waals surface area contributed by atoms with Crippen LogP contribution in [0.3, 0.4) is 0 Å². The number of benzene rings is 1. The van der Waals surface area contributed by atoms with Gasteiger partial charge >= 0.3 is 0 Å². The van der Waals surface area contributed by atoms with Gasteiger partial charge in [-0.15, -0.1) is 0 Å². The Morgan fingerprint density at radius 2 is 2.10 bits per heavy atom. The molecule has 0 saturated carbocycles. The Balaban J connectivity index is 1.52. The molecule has 5 heterocycles. The molecule has 3 aliphatic rings. The van der Waals surface area contributed by atoms with E-state index < -0.39 is 5.82 Å². The summed E-state index contributed by atoms with van der Waals surface area (Å²) in [6.45, 7) is 6.96. The second-order valence-electron chi connectivity index (χ2n) is 9.73. The second kappa shape index (κ2) is 9.57. The number of phenols is 1. The van der Waals surface area contributed by atoms with Crippen molar-refractivity contribution < 1.29 is 28.3 Å². The smallest absolute Gasteiger partial charge is 0.261 e. The number of carbonyl (C=O) groups is 2. The van der Waals surface area contributed by atoms with E-state index in [1.54, 1.807) is 16.0 Å². The van der Waals surface area contributed by atoms with Gasteiger partial charge in [-0.3, -0.25) is 9.59 Å². The van der Waals surface area contributed by atoms with Crippen LogP contribution < -0.4 is 9.64 Å². The molecule has 6 rings (SSSR count). The van der Waals surface area contributed by atoms with E-state index in [0.717, 1.165) is 5.56 Å². The number of piperazine rings is 1. The molecule has 2 amide bonds. The van der Waals surface area contributed by atoms with Crippen LogP contribution in [0.4, 0.5) is 10.2 Å². The van der Waals surface area contributed by atoms with E-state index in [4.69, 9.17) is 25.8 Å². The van der Waals surface area contributed by atoms with Gasteiger partial charge in [0.15, 0.2) is 11.5 Å². The van der Waals surface area contributed by atoms with E-state index >= 15 is 4.39 Å². The van der Waals surface area contributed by atoms with Crippen LogP contribution in [0.15, 0.2) is 41.6 Å². The molecule has 0 spiro atoms. The van der Waals surface area contributed by atoms with Crippen molar-refractivity contribution in [2.45, 2.75) is 32.0 Å². The highest BCUT2D eigenvalue weighted by Gasteiger charge is 2.42. The van der Waals surface area contributed by atoms with Crippen molar-refractivity contribution in [1.82, 2.24) is 19.9 Å². The lowest BCUT2D eigenvalue weighted by Crippen LogP contribution is -2.57. The molecule has 39 heavy (non-hydrogen) atoms. The number of aromatic hydroxyl groups is 1. The summed E-state index contributed by atoms with van der Waals surface area (Å²) in [5, 5.41) is 14.4. The summed E-state index contributed by atoms with van der Waals surface area (Å²) in [6.07, 6.45) is 3.32. The highest BCUT2D eigenvalue weighted by molar-refractivity contribution is 6.35. The molecular formula is C27H25ClFN5O5. The largest absolute Gasteiger partial charge is 0.507 e.